The lowest BCUT2D eigenvalue weighted by Gasteiger charge is -2.27. The van der Waals surface area contributed by atoms with Gasteiger partial charge in [-0.3, -0.25) is 4.79 Å². The first-order chi connectivity index (χ1) is 4.10. The van der Waals surface area contributed by atoms with Gasteiger partial charge >= 0.3 is 0 Å². The molecule has 0 aromatic heterocycles. The van der Waals surface area contributed by atoms with Gasteiger partial charge in [-0.2, -0.15) is 0 Å². The second kappa shape index (κ2) is 2.33. The van der Waals surface area contributed by atoms with Crippen molar-refractivity contribution in [1.82, 2.24) is 0 Å². The summed E-state index contributed by atoms with van der Waals surface area (Å²) >= 11 is 1.78. The molecule has 0 amide bonds. The van der Waals surface area contributed by atoms with Gasteiger partial charge in [0.2, 0.25) is 0 Å². The minimum Gasteiger partial charge on any atom is -0.299 e. The van der Waals surface area contributed by atoms with Gasteiger partial charge in [0, 0.05) is 11.2 Å². The van der Waals surface area contributed by atoms with E-state index in [0.717, 1.165) is 18.6 Å². The van der Waals surface area contributed by atoms with E-state index in [2.05, 4.69) is 13.8 Å². The Morgan fingerprint density at radius 3 is 2.56 bits per heavy atom. The zero-order valence-electron chi connectivity index (χ0n) is 5.94. The zero-order chi connectivity index (χ0) is 6.91. The van der Waals surface area contributed by atoms with E-state index in [9.17, 15) is 4.79 Å². The smallest absolute Gasteiger partial charge is 0.142 e. The van der Waals surface area contributed by atoms with Crippen LogP contribution in [-0.2, 0) is 4.79 Å². The fourth-order valence-electron chi connectivity index (χ4n) is 0.861. The molecule has 1 nitrogen and oxygen atoms in total. The molecule has 0 unspecified atom stereocenters. The van der Waals surface area contributed by atoms with Crippen LogP contribution in [0.15, 0.2) is 0 Å². The fourth-order valence-corrected chi connectivity index (χ4v) is 1.80. The van der Waals surface area contributed by atoms with E-state index >= 15 is 0 Å². The quantitative estimate of drug-likeness (QED) is 0.516. The molecule has 1 aliphatic heterocycles. The molecule has 0 atom stereocenters. The summed E-state index contributed by atoms with van der Waals surface area (Å²) in [5, 5.41) is 0. The van der Waals surface area contributed by atoms with Crippen molar-refractivity contribution in [1.29, 1.82) is 0 Å². The molecular formula is C7H12OS. The third-order valence-corrected chi connectivity index (χ3v) is 3.08. The van der Waals surface area contributed by atoms with Crippen molar-refractivity contribution in [2.75, 3.05) is 5.75 Å². The van der Waals surface area contributed by atoms with Gasteiger partial charge in [0.05, 0.1) is 5.75 Å². The topological polar surface area (TPSA) is 17.1 Å². The monoisotopic (exact) mass is 144 g/mol. The molecule has 0 aromatic carbocycles. The summed E-state index contributed by atoms with van der Waals surface area (Å²) in [6.07, 6.45) is 1.84. The van der Waals surface area contributed by atoms with Crippen LogP contribution in [0.3, 0.4) is 0 Å². The number of carbonyl (C=O) groups excluding carboxylic acids is 1. The molecule has 1 saturated heterocycles. The van der Waals surface area contributed by atoms with Gasteiger partial charge in [-0.15, -0.1) is 11.8 Å². The highest BCUT2D eigenvalue weighted by Gasteiger charge is 2.25. The zero-order valence-corrected chi connectivity index (χ0v) is 6.75. The van der Waals surface area contributed by atoms with Gasteiger partial charge in [-0.05, 0) is 6.42 Å². The molecule has 0 N–H and O–H groups in total. The number of rotatable bonds is 0. The van der Waals surface area contributed by atoms with Crippen molar-refractivity contribution in [3.8, 4) is 0 Å². The highest BCUT2D eigenvalue weighted by atomic mass is 32.2. The summed E-state index contributed by atoms with van der Waals surface area (Å²) in [6, 6.07) is 0. The molecule has 9 heavy (non-hydrogen) atoms. The van der Waals surface area contributed by atoms with E-state index in [0.29, 0.717) is 10.5 Å². The Bertz CT molecular complexity index is 117. The van der Waals surface area contributed by atoms with Gasteiger partial charge in [0.25, 0.3) is 0 Å². The van der Waals surface area contributed by atoms with E-state index in [-0.39, 0.29) is 0 Å². The maximum Gasteiger partial charge on any atom is 0.142 e. The third-order valence-electron chi connectivity index (χ3n) is 1.63. The van der Waals surface area contributed by atoms with Gasteiger partial charge in [-0.25, -0.2) is 0 Å². The number of ketones is 1. The van der Waals surface area contributed by atoms with Crippen LogP contribution in [0.5, 0.6) is 0 Å². The molecule has 0 spiro atoms. The predicted octanol–water partition coefficient (Wildman–Crippen LogP) is 1.86. The summed E-state index contributed by atoms with van der Waals surface area (Å²) < 4.78 is 0.355. The SMILES string of the molecule is CC1(C)CCC(=O)CS1. The van der Waals surface area contributed by atoms with Crippen molar-refractivity contribution in [3.05, 3.63) is 0 Å². The van der Waals surface area contributed by atoms with Crippen LogP contribution in [0.1, 0.15) is 26.7 Å². The molecule has 0 saturated carbocycles. The molecular weight excluding hydrogens is 132 g/mol. The maximum absolute atomic E-state index is 10.7. The van der Waals surface area contributed by atoms with Crippen molar-refractivity contribution < 1.29 is 4.79 Å². The van der Waals surface area contributed by atoms with E-state index in [1.54, 1.807) is 11.8 Å². The highest BCUT2D eigenvalue weighted by molar-refractivity contribution is 8.01. The van der Waals surface area contributed by atoms with Gasteiger partial charge in [0.1, 0.15) is 5.78 Å². The van der Waals surface area contributed by atoms with Crippen LogP contribution in [0.25, 0.3) is 0 Å². The normalized spacial score (nSPS) is 26.2. The lowest BCUT2D eigenvalue weighted by atomic mass is 10.0. The Balaban J connectivity index is 2.44. The Morgan fingerprint density at radius 2 is 2.22 bits per heavy atom. The Morgan fingerprint density at radius 1 is 1.56 bits per heavy atom. The van der Waals surface area contributed by atoms with Gasteiger partial charge in [-0.1, -0.05) is 13.8 Å². The maximum atomic E-state index is 10.7. The molecule has 0 radical (unpaired) electrons. The van der Waals surface area contributed by atoms with Crippen LogP contribution in [-0.4, -0.2) is 16.3 Å². The summed E-state index contributed by atoms with van der Waals surface area (Å²) in [5.41, 5.74) is 0. The third kappa shape index (κ3) is 2.01. The van der Waals surface area contributed by atoms with Crippen molar-refractivity contribution in [2.24, 2.45) is 0 Å². The molecule has 52 valence electrons. The first-order valence-corrected chi connectivity index (χ1v) is 4.24. The predicted molar refractivity (Wildman–Crippen MR) is 40.8 cm³/mol. The summed E-state index contributed by atoms with van der Waals surface area (Å²) in [5.74, 6) is 1.15. The number of thioether (sulfide) groups is 1. The molecule has 0 bridgehead atoms. The Hall–Kier alpha value is 0.0200. The Kier molecular flexibility index (Phi) is 1.85. The van der Waals surface area contributed by atoms with Crippen molar-refractivity contribution in [2.45, 2.75) is 31.4 Å². The van der Waals surface area contributed by atoms with E-state index in [1.165, 1.54) is 0 Å². The standard InChI is InChI=1S/C7H12OS/c1-7(2)4-3-6(8)5-9-7/h3-5H2,1-2H3. The Labute approximate surface area is 60.2 Å². The second-order valence-corrected chi connectivity index (χ2v) is 4.77. The van der Waals surface area contributed by atoms with E-state index in [4.69, 9.17) is 0 Å². The minimum absolute atomic E-state index is 0.355. The molecule has 1 aliphatic rings. The molecule has 2 heteroatoms. The number of hydrogen-bond donors (Lipinski definition) is 0. The highest BCUT2D eigenvalue weighted by Crippen LogP contribution is 2.33. The number of carbonyl (C=O) groups is 1. The molecule has 1 heterocycles. The van der Waals surface area contributed by atoms with Gasteiger partial charge < -0.3 is 0 Å². The minimum atomic E-state index is 0.355. The van der Waals surface area contributed by atoms with Gasteiger partial charge in [0.15, 0.2) is 0 Å². The van der Waals surface area contributed by atoms with Crippen molar-refractivity contribution >= 4 is 17.5 Å². The largest absolute Gasteiger partial charge is 0.299 e. The molecule has 1 rings (SSSR count). The van der Waals surface area contributed by atoms with E-state index < -0.39 is 0 Å². The van der Waals surface area contributed by atoms with E-state index in [1.807, 2.05) is 0 Å². The molecule has 0 aliphatic carbocycles. The van der Waals surface area contributed by atoms with Crippen molar-refractivity contribution in [3.63, 3.8) is 0 Å². The second-order valence-electron chi connectivity index (χ2n) is 3.09. The van der Waals surface area contributed by atoms with Crippen LogP contribution >= 0.6 is 11.8 Å². The number of hydrogen-bond acceptors (Lipinski definition) is 2. The summed E-state index contributed by atoms with van der Waals surface area (Å²) in [7, 11) is 0. The molecule has 1 fully saturated rings. The van der Waals surface area contributed by atoms with Crippen LogP contribution < -0.4 is 0 Å². The summed E-state index contributed by atoms with van der Waals surface area (Å²) in [4.78, 5) is 10.7. The first-order valence-electron chi connectivity index (χ1n) is 3.26. The van der Waals surface area contributed by atoms with Crippen LogP contribution in [0.4, 0.5) is 0 Å². The summed E-state index contributed by atoms with van der Waals surface area (Å²) in [6.45, 7) is 4.40. The average Bonchev–Trinajstić information content (AvgIpc) is 1.78. The fraction of sp³-hybridized carbons (Fsp3) is 0.857. The molecule has 0 aromatic rings. The number of Topliss-reactive ketones (excluding diaryl/α,β-unsaturated/α-hetero) is 1. The van der Waals surface area contributed by atoms with Crippen LogP contribution in [0, 0.1) is 0 Å². The van der Waals surface area contributed by atoms with Crippen LogP contribution in [0.2, 0.25) is 0 Å². The average molecular weight is 144 g/mol. The lowest BCUT2D eigenvalue weighted by molar-refractivity contribution is -0.117. The first kappa shape index (κ1) is 7.13. The lowest BCUT2D eigenvalue weighted by Crippen LogP contribution is -2.24.